The van der Waals surface area contributed by atoms with Crippen LogP contribution in [0.3, 0.4) is 0 Å². The van der Waals surface area contributed by atoms with Gasteiger partial charge in [-0.1, -0.05) is 15.9 Å². The van der Waals surface area contributed by atoms with Crippen LogP contribution < -0.4 is 5.32 Å². The van der Waals surface area contributed by atoms with Gasteiger partial charge in [-0.3, -0.25) is 4.79 Å². The number of carbonyl (C=O) groups is 1. The molecule has 0 fully saturated rings. The molecule has 0 radical (unpaired) electrons. The van der Waals surface area contributed by atoms with Crippen molar-refractivity contribution in [3.63, 3.8) is 0 Å². The van der Waals surface area contributed by atoms with Crippen molar-refractivity contribution < 1.29 is 9.90 Å². The molecule has 2 N–H and O–H groups in total. The first-order valence-electron chi connectivity index (χ1n) is 3.95. The van der Waals surface area contributed by atoms with Crippen LogP contribution in [0.2, 0.25) is 0 Å². The van der Waals surface area contributed by atoms with Crippen LogP contribution in [0.15, 0.2) is 0 Å². The minimum Gasteiger partial charge on any atom is -0.391 e. The van der Waals surface area contributed by atoms with Crippen LogP contribution in [0, 0.1) is 0 Å². The monoisotopic (exact) mass is 237 g/mol. The van der Waals surface area contributed by atoms with Gasteiger partial charge in [0.1, 0.15) is 0 Å². The number of carbonyl (C=O) groups excluding carboxylic acids is 1. The molecule has 12 heavy (non-hydrogen) atoms. The molecule has 0 heterocycles. The molecule has 3 nitrogen and oxygen atoms in total. The molecule has 0 aromatic heterocycles. The van der Waals surface area contributed by atoms with Gasteiger partial charge in [0.25, 0.3) is 0 Å². The highest BCUT2D eigenvalue weighted by molar-refractivity contribution is 9.09. The van der Waals surface area contributed by atoms with Crippen LogP contribution >= 0.6 is 15.9 Å². The number of halogens is 1. The van der Waals surface area contributed by atoms with Gasteiger partial charge < -0.3 is 10.4 Å². The summed E-state index contributed by atoms with van der Waals surface area (Å²) in [5.41, 5.74) is -0.542. The first kappa shape index (κ1) is 11.9. The number of rotatable bonds is 4. The Morgan fingerprint density at radius 2 is 2.17 bits per heavy atom. The van der Waals surface area contributed by atoms with Crippen molar-refractivity contribution in [3.8, 4) is 0 Å². The fourth-order valence-electron chi connectivity index (χ4n) is 0.612. The predicted octanol–water partition coefficient (Wildman–Crippen LogP) is 1.05. The van der Waals surface area contributed by atoms with Gasteiger partial charge in [-0.15, -0.1) is 0 Å². The summed E-state index contributed by atoms with van der Waals surface area (Å²) in [4.78, 5) is 11.1. The molecule has 72 valence electrons. The molecule has 0 rings (SSSR count). The van der Waals surface area contributed by atoms with Crippen LogP contribution in [-0.4, -0.2) is 28.0 Å². The van der Waals surface area contributed by atoms with Gasteiger partial charge in [-0.25, -0.2) is 0 Å². The maximum atomic E-state index is 11.1. The van der Waals surface area contributed by atoms with Gasteiger partial charge >= 0.3 is 0 Å². The number of aliphatic hydroxyl groups excluding tert-OH is 1. The minimum atomic E-state index is -0.545. The average Bonchev–Trinajstić information content (AvgIpc) is 1.85. The number of amides is 1. The highest BCUT2D eigenvalue weighted by Crippen LogP contribution is 2.08. The Balaban J connectivity index is 3.97. The zero-order chi connectivity index (χ0) is 9.78. The van der Waals surface area contributed by atoms with E-state index in [1.165, 1.54) is 0 Å². The average molecular weight is 238 g/mol. The highest BCUT2D eigenvalue weighted by Gasteiger charge is 2.25. The van der Waals surface area contributed by atoms with Crippen molar-refractivity contribution >= 4 is 21.8 Å². The van der Waals surface area contributed by atoms with Gasteiger partial charge in [0.2, 0.25) is 5.91 Å². The number of nitrogens with one attached hydrogen (secondary N) is 1. The van der Waals surface area contributed by atoms with Crippen molar-refractivity contribution in [2.45, 2.75) is 38.8 Å². The van der Waals surface area contributed by atoms with E-state index in [0.29, 0.717) is 11.8 Å². The molecule has 0 aliphatic carbocycles. The van der Waals surface area contributed by atoms with E-state index in [9.17, 15) is 9.90 Å². The number of hydrogen-bond acceptors (Lipinski definition) is 2. The standard InChI is InChI=1S/C8H16BrNO2/c1-6(11)8(2,3)10-7(12)4-5-9/h6,11H,4-5H2,1-3H3,(H,10,12). The van der Waals surface area contributed by atoms with Crippen LogP contribution in [0.5, 0.6) is 0 Å². The molecule has 0 aliphatic rings. The molecule has 1 unspecified atom stereocenters. The van der Waals surface area contributed by atoms with Gasteiger partial charge in [-0.05, 0) is 20.8 Å². The summed E-state index contributed by atoms with van der Waals surface area (Å²) < 4.78 is 0. The third kappa shape index (κ3) is 4.07. The largest absolute Gasteiger partial charge is 0.391 e. The minimum absolute atomic E-state index is 0.0437. The lowest BCUT2D eigenvalue weighted by Gasteiger charge is -2.29. The Kier molecular flexibility index (Phi) is 4.78. The van der Waals surface area contributed by atoms with Crippen molar-refractivity contribution in [1.29, 1.82) is 0 Å². The van der Waals surface area contributed by atoms with Crippen LogP contribution in [0.1, 0.15) is 27.2 Å². The van der Waals surface area contributed by atoms with E-state index in [-0.39, 0.29) is 5.91 Å². The molecule has 4 heteroatoms. The van der Waals surface area contributed by atoms with E-state index in [1.54, 1.807) is 20.8 Å². The van der Waals surface area contributed by atoms with Gasteiger partial charge in [-0.2, -0.15) is 0 Å². The fraction of sp³-hybridized carbons (Fsp3) is 0.875. The van der Waals surface area contributed by atoms with E-state index < -0.39 is 11.6 Å². The lowest BCUT2D eigenvalue weighted by Crippen LogP contribution is -2.51. The van der Waals surface area contributed by atoms with E-state index in [2.05, 4.69) is 21.2 Å². The summed E-state index contributed by atoms with van der Waals surface area (Å²) in [5, 5.41) is 12.7. The molecule has 0 aliphatic heterocycles. The second-order valence-corrected chi connectivity index (χ2v) is 4.18. The third-order valence-electron chi connectivity index (χ3n) is 1.83. The predicted molar refractivity (Wildman–Crippen MR) is 52.3 cm³/mol. The summed E-state index contributed by atoms with van der Waals surface area (Å²) in [6.45, 7) is 5.25. The Bertz CT molecular complexity index is 157. The second kappa shape index (κ2) is 4.82. The maximum absolute atomic E-state index is 11.1. The number of alkyl halides is 1. The molecular formula is C8H16BrNO2. The number of aliphatic hydroxyl groups is 1. The summed E-state index contributed by atoms with van der Waals surface area (Å²) in [6.07, 6.45) is -0.104. The fourth-order valence-corrected chi connectivity index (χ4v) is 0.972. The summed E-state index contributed by atoms with van der Waals surface area (Å²) in [5.74, 6) is -0.0437. The molecule has 0 saturated carbocycles. The molecule has 0 aromatic carbocycles. The molecule has 0 bridgehead atoms. The zero-order valence-corrected chi connectivity index (χ0v) is 9.31. The lowest BCUT2D eigenvalue weighted by atomic mass is 9.99. The molecule has 1 amide bonds. The van der Waals surface area contributed by atoms with Crippen LogP contribution in [-0.2, 0) is 4.79 Å². The quantitative estimate of drug-likeness (QED) is 0.719. The third-order valence-corrected chi connectivity index (χ3v) is 2.22. The Hall–Kier alpha value is -0.0900. The Morgan fingerprint density at radius 3 is 2.50 bits per heavy atom. The SMILES string of the molecule is CC(O)C(C)(C)NC(=O)CCBr. The van der Waals surface area contributed by atoms with E-state index in [0.717, 1.165) is 0 Å². The molecular weight excluding hydrogens is 222 g/mol. The maximum Gasteiger partial charge on any atom is 0.221 e. The van der Waals surface area contributed by atoms with E-state index in [1.807, 2.05) is 0 Å². The molecule has 1 atom stereocenters. The Morgan fingerprint density at radius 1 is 1.67 bits per heavy atom. The first-order chi connectivity index (χ1) is 5.40. The highest BCUT2D eigenvalue weighted by atomic mass is 79.9. The molecule has 0 spiro atoms. The summed E-state index contributed by atoms with van der Waals surface area (Å²) in [7, 11) is 0. The zero-order valence-electron chi connectivity index (χ0n) is 7.72. The van der Waals surface area contributed by atoms with Crippen molar-refractivity contribution in [2.75, 3.05) is 5.33 Å². The summed E-state index contributed by atoms with van der Waals surface area (Å²) >= 11 is 3.17. The van der Waals surface area contributed by atoms with Gasteiger partial charge in [0.15, 0.2) is 0 Å². The molecule has 0 aromatic rings. The van der Waals surface area contributed by atoms with Crippen molar-refractivity contribution in [2.24, 2.45) is 0 Å². The van der Waals surface area contributed by atoms with Crippen LogP contribution in [0.4, 0.5) is 0 Å². The van der Waals surface area contributed by atoms with Crippen LogP contribution in [0.25, 0.3) is 0 Å². The normalized spacial score (nSPS) is 14.1. The first-order valence-corrected chi connectivity index (χ1v) is 5.07. The van der Waals surface area contributed by atoms with Crippen molar-refractivity contribution in [1.82, 2.24) is 5.32 Å². The van der Waals surface area contributed by atoms with E-state index >= 15 is 0 Å². The molecule has 0 saturated heterocycles. The topological polar surface area (TPSA) is 49.3 Å². The number of hydrogen-bond donors (Lipinski definition) is 2. The second-order valence-electron chi connectivity index (χ2n) is 3.38. The lowest BCUT2D eigenvalue weighted by molar-refractivity contribution is -0.123. The van der Waals surface area contributed by atoms with E-state index in [4.69, 9.17) is 0 Å². The van der Waals surface area contributed by atoms with Crippen molar-refractivity contribution in [3.05, 3.63) is 0 Å². The Labute approximate surface area is 81.7 Å². The van der Waals surface area contributed by atoms with Gasteiger partial charge in [0.05, 0.1) is 11.6 Å². The van der Waals surface area contributed by atoms with Gasteiger partial charge in [0, 0.05) is 11.8 Å². The smallest absolute Gasteiger partial charge is 0.221 e. The summed E-state index contributed by atoms with van der Waals surface area (Å²) in [6, 6.07) is 0.